The van der Waals surface area contributed by atoms with E-state index in [2.05, 4.69) is 20.9 Å². The fraction of sp³-hybridized carbons (Fsp3) is 0.421. The average molecular weight is 437 g/mol. The molecule has 0 aliphatic carbocycles. The number of thioether (sulfide) groups is 1. The van der Waals surface area contributed by atoms with Crippen LogP contribution in [-0.2, 0) is 14.3 Å². The predicted molar refractivity (Wildman–Crippen MR) is 107 cm³/mol. The summed E-state index contributed by atoms with van der Waals surface area (Å²) in [6, 6.07) is 7.14. The molecular formula is C19H21BrN2O3S. The number of benzene rings is 1. The van der Waals surface area contributed by atoms with E-state index in [4.69, 9.17) is 4.74 Å². The number of ether oxygens (including phenoxy) is 1. The predicted octanol–water partition coefficient (Wildman–Crippen LogP) is 4.44. The molecule has 3 rings (SSSR count). The first kappa shape index (κ1) is 19.2. The van der Waals surface area contributed by atoms with Crippen molar-refractivity contribution in [2.45, 2.75) is 51.5 Å². The maximum Gasteiger partial charge on any atom is 0.338 e. The number of nitrogens with zero attached hydrogens (tertiary/aromatic N) is 2. The number of esters is 1. The molecule has 2 atom stereocenters. The highest BCUT2D eigenvalue weighted by Crippen LogP contribution is 2.44. The van der Waals surface area contributed by atoms with Crippen molar-refractivity contribution in [3.63, 3.8) is 0 Å². The maximum atomic E-state index is 13.0. The van der Waals surface area contributed by atoms with Gasteiger partial charge in [0, 0.05) is 4.47 Å². The molecule has 0 spiro atoms. The molecule has 2 heterocycles. The minimum absolute atomic E-state index is 0.0106. The molecule has 0 saturated carbocycles. The summed E-state index contributed by atoms with van der Waals surface area (Å²) in [6.45, 7) is 7.40. The van der Waals surface area contributed by atoms with Crippen molar-refractivity contribution < 1.29 is 14.3 Å². The Kier molecular flexibility index (Phi) is 5.58. The van der Waals surface area contributed by atoms with Crippen molar-refractivity contribution in [3.8, 4) is 0 Å². The maximum absolute atomic E-state index is 13.0. The van der Waals surface area contributed by atoms with Crippen LogP contribution in [0.25, 0.3) is 0 Å². The molecule has 1 amide bonds. The molecule has 1 aromatic rings. The molecule has 5 nitrogen and oxygen atoms in total. The molecule has 2 aliphatic rings. The first-order valence-corrected chi connectivity index (χ1v) is 10.3. The van der Waals surface area contributed by atoms with Gasteiger partial charge in [0.1, 0.15) is 0 Å². The Balaban J connectivity index is 2.13. The molecule has 1 aromatic carbocycles. The molecule has 26 heavy (non-hydrogen) atoms. The highest BCUT2D eigenvalue weighted by Gasteiger charge is 2.47. The van der Waals surface area contributed by atoms with Crippen molar-refractivity contribution in [3.05, 3.63) is 45.6 Å². The van der Waals surface area contributed by atoms with E-state index in [1.54, 1.807) is 11.8 Å². The molecule has 0 radical (unpaired) electrons. The largest absolute Gasteiger partial charge is 0.459 e. The number of amidine groups is 1. The number of hydrogen-bond donors (Lipinski definition) is 0. The number of rotatable bonds is 4. The van der Waals surface area contributed by atoms with E-state index in [9.17, 15) is 9.59 Å². The van der Waals surface area contributed by atoms with Crippen molar-refractivity contribution in [1.82, 2.24) is 4.90 Å². The third kappa shape index (κ3) is 3.47. The Morgan fingerprint density at radius 1 is 1.42 bits per heavy atom. The van der Waals surface area contributed by atoms with Crippen LogP contribution in [0, 0.1) is 0 Å². The van der Waals surface area contributed by atoms with E-state index in [-0.39, 0.29) is 17.3 Å². The SMILES string of the molecule is CC[C@@H]1SC2=NC(C)=C(C(=O)OC(C)C)[C@@H](c3cccc(Br)c3)N2C1=O. The number of halogens is 1. The molecule has 138 valence electrons. The molecule has 0 unspecified atom stereocenters. The summed E-state index contributed by atoms with van der Waals surface area (Å²) in [4.78, 5) is 32.0. The first-order valence-electron chi connectivity index (χ1n) is 8.59. The van der Waals surface area contributed by atoms with Gasteiger partial charge in [-0.05, 0) is 44.9 Å². The fourth-order valence-corrected chi connectivity index (χ4v) is 4.67. The van der Waals surface area contributed by atoms with Gasteiger partial charge in [0.15, 0.2) is 5.17 Å². The number of aliphatic imine (C=N–C) groups is 1. The molecule has 1 saturated heterocycles. The molecule has 1 fully saturated rings. The van der Waals surface area contributed by atoms with Gasteiger partial charge in [0.25, 0.3) is 0 Å². The second-order valence-corrected chi connectivity index (χ2v) is 8.61. The Hall–Kier alpha value is -1.60. The van der Waals surface area contributed by atoms with E-state index in [0.29, 0.717) is 16.4 Å². The minimum atomic E-state index is -0.525. The van der Waals surface area contributed by atoms with E-state index in [1.165, 1.54) is 11.8 Å². The summed E-state index contributed by atoms with van der Waals surface area (Å²) in [6.07, 6.45) is 0.470. The lowest BCUT2D eigenvalue weighted by Crippen LogP contribution is -2.41. The third-order valence-electron chi connectivity index (χ3n) is 4.25. The highest BCUT2D eigenvalue weighted by atomic mass is 79.9. The molecule has 0 aromatic heterocycles. The van der Waals surface area contributed by atoms with Crippen LogP contribution in [0.1, 0.15) is 45.7 Å². The van der Waals surface area contributed by atoms with Gasteiger partial charge in [0.2, 0.25) is 5.91 Å². The van der Waals surface area contributed by atoms with Crippen LogP contribution in [0.15, 0.2) is 45.0 Å². The summed E-state index contributed by atoms with van der Waals surface area (Å²) in [5.41, 5.74) is 1.88. The van der Waals surface area contributed by atoms with Gasteiger partial charge in [-0.3, -0.25) is 9.69 Å². The second kappa shape index (κ2) is 7.56. The first-order chi connectivity index (χ1) is 12.3. The van der Waals surface area contributed by atoms with Crippen LogP contribution in [0.5, 0.6) is 0 Å². The zero-order valence-electron chi connectivity index (χ0n) is 15.2. The van der Waals surface area contributed by atoms with Crippen LogP contribution in [0.4, 0.5) is 0 Å². The van der Waals surface area contributed by atoms with Gasteiger partial charge in [-0.15, -0.1) is 0 Å². The molecule has 0 bridgehead atoms. The second-order valence-electron chi connectivity index (χ2n) is 6.53. The van der Waals surface area contributed by atoms with Gasteiger partial charge in [0.05, 0.1) is 28.7 Å². The molecule has 2 aliphatic heterocycles. The molecular weight excluding hydrogens is 416 g/mol. The molecule has 7 heteroatoms. The summed E-state index contributed by atoms with van der Waals surface area (Å²) in [5.74, 6) is -0.438. The number of hydrogen-bond acceptors (Lipinski definition) is 5. The summed E-state index contributed by atoms with van der Waals surface area (Å²) in [5, 5.41) is 0.488. The zero-order valence-corrected chi connectivity index (χ0v) is 17.6. The van der Waals surface area contributed by atoms with Crippen molar-refractivity contribution >= 4 is 44.7 Å². The number of carbonyl (C=O) groups is 2. The Morgan fingerprint density at radius 2 is 2.15 bits per heavy atom. The standard InChI is InChI=1S/C19H21BrN2O3S/c1-5-14-17(23)22-16(12-7-6-8-13(20)9-12)15(18(24)25-10(2)3)11(4)21-19(22)26-14/h6-10,14,16H,5H2,1-4H3/t14-,16+/m0/s1. The third-order valence-corrected chi connectivity index (χ3v) is 6.06. The lowest BCUT2D eigenvalue weighted by Gasteiger charge is -2.33. The monoisotopic (exact) mass is 436 g/mol. The van der Waals surface area contributed by atoms with Gasteiger partial charge in [-0.25, -0.2) is 9.79 Å². The number of allylic oxidation sites excluding steroid dienone is 1. The lowest BCUT2D eigenvalue weighted by molar-refractivity contribution is -0.143. The highest BCUT2D eigenvalue weighted by molar-refractivity contribution is 9.10. The van der Waals surface area contributed by atoms with Crippen LogP contribution < -0.4 is 0 Å². The summed E-state index contributed by atoms with van der Waals surface area (Å²) in [7, 11) is 0. The van der Waals surface area contributed by atoms with Crippen molar-refractivity contribution in [2.75, 3.05) is 0 Å². The smallest absolute Gasteiger partial charge is 0.338 e. The zero-order chi connectivity index (χ0) is 19.0. The Morgan fingerprint density at radius 3 is 2.77 bits per heavy atom. The van der Waals surface area contributed by atoms with E-state index >= 15 is 0 Å². The molecule has 0 N–H and O–H groups in total. The van der Waals surface area contributed by atoms with Gasteiger partial charge >= 0.3 is 5.97 Å². The Labute approximate surface area is 166 Å². The van der Waals surface area contributed by atoms with Crippen LogP contribution >= 0.6 is 27.7 Å². The number of carbonyl (C=O) groups excluding carboxylic acids is 2. The average Bonchev–Trinajstić information content (AvgIpc) is 2.88. The van der Waals surface area contributed by atoms with Gasteiger partial charge < -0.3 is 4.74 Å². The minimum Gasteiger partial charge on any atom is -0.459 e. The van der Waals surface area contributed by atoms with E-state index in [0.717, 1.165) is 16.5 Å². The number of amides is 1. The van der Waals surface area contributed by atoms with Crippen LogP contribution in [-0.4, -0.2) is 33.3 Å². The summed E-state index contributed by atoms with van der Waals surface area (Å²) >= 11 is 4.95. The Bertz CT molecular complexity index is 819. The topological polar surface area (TPSA) is 59.0 Å². The van der Waals surface area contributed by atoms with Crippen molar-refractivity contribution in [1.29, 1.82) is 0 Å². The normalized spacial score (nSPS) is 22.6. The number of fused-ring (bicyclic) bond motifs is 1. The van der Waals surface area contributed by atoms with Crippen LogP contribution in [0.2, 0.25) is 0 Å². The van der Waals surface area contributed by atoms with Gasteiger partial charge in [-0.1, -0.05) is 46.7 Å². The lowest BCUT2D eigenvalue weighted by atomic mass is 9.94. The summed E-state index contributed by atoms with van der Waals surface area (Å²) < 4.78 is 6.34. The fourth-order valence-electron chi connectivity index (χ4n) is 3.12. The van der Waals surface area contributed by atoms with E-state index < -0.39 is 12.0 Å². The van der Waals surface area contributed by atoms with Crippen molar-refractivity contribution in [2.24, 2.45) is 4.99 Å². The van der Waals surface area contributed by atoms with E-state index in [1.807, 2.05) is 45.0 Å². The van der Waals surface area contributed by atoms with Crippen LogP contribution in [0.3, 0.4) is 0 Å². The quantitative estimate of drug-likeness (QED) is 0.654. The van der Waals surface area contributed by atoms with Gasteiger partial charge in [-0.2, -0.15) is 0 Å².